The van der Waals surface area contributed by atoms with Crippen molar-refractivity contribution in [3.8, 4) is 5.75 Å². The molecular formula is C16H21BrClNO2. The fourth-order valence-electron chi connectivity index (χ4n) is 3.23. The van der Waals surface area contributed by atoms with Crippen molar-refractivity contribution in [2.24, 2.45) is 5.41 Å². The van der Waals surface area contributed by atoms with E-state index in [4.69, 9.17) is 16.3 Å². The molecule has 0 radical (unpaired) electrons. The van der Waals surface area contributed by atoms with Crippen molar-refractivity contribution in [3.05, 3.63) is 28.2 Å². The molecule has 0 saturated heterocycles. The number of amides is 1. The molecule has 1 unspecified atom stereocenters. The van der Waals surface area contributed by atoms with E-state index in [0.29, 0.717) is 12.8 Å². The van der Waals surface area contributed by atoms with E-state index >= 15 is 0 Å². The third-order valence-corrected chi connectivity index (χ3v) is 4.84. The summed E-state index contributed by atoms with van der Waals surface area (Å²) in [6.45, 7) is 5.91. The number of alkyl halides is 1. The third kappa shape index (κ3) is 3.54. The fraction of sp³-hybridized carbons (Fsp3) is 0.562. The zero-order valence-corrected chi connectivity index (χ0v) is 15.1. The van der Waals surface area contributed by atoms with E-state index in [1.54, 1.807) is 7.11 Å². The van der Waals surface area contributed by atoms with Crippen LogP contribution >= 0.6 is 27.5 Å². The Bertz CT molecular complexity index is 551. The maximum atomic E-state index is 12.5. The van der Waals surface area contributed by atoms with Gasteiger partial charge in [0, 0.05) is 20.3 Å². The second-order valence-electron chi connectivity index (χ2n) is 6.41. The van der Waals surface area contributed by atoms with Crippen LogP contribution in [0.15, 0.2) is 22.7 Å². The van der Waals surface area contributed by atoms with Crippen LogP contribution in [-0.2, 0) is 4.79 Å². The number of carbonyl (C=O) groups is 1. The largest absolute Gasteiger partial charge is 0.496 e. The quantitative estimate of drug-likeness (QED) is 0.792. The number of rotatable bonds is 4. The molecule has 0 heterocycles. The van der Waals surface area contributed by atoms with Crippen molar-refractivity contribution in [3.63, 3.8) is 0 Å². The maximum Gasteiger partial charge on any atom is 0.226 e. The molecule has 0 aromatic heterocycles. The molecule has 1 amide bonds. The third-order valence-electron chi connectivity index (χ3n) is 4.08. The van der Waals surface area contributed by atoms with Crippen LogP contribution < -0.4 is 10.1 Å². The number of hydrogen-bond donors (Lipinski definition) is 1. The average molecular weight is 375 g/mol. The molecule has 1 saturated carbocycles. The van der Waals surface area contributed by atoms with Gasteiger partial charge in [0.15, 0.2) is 0 Å². The Kier molecular flexibility index (Phi) is 4.60. The standard InChI is InChI=1S/C16H21BrClNO2/c1-10(12-6-5-11(17)7-13(12)21-4)19-14(20)15(2)8-16(3,18)9-15/h5-7,10H,8-9H2,1-4H3,(H,19,20)/t10?,15-,16-. The van der Waals surface area contributed by atoms with Crippen LogP contribution in [-0.4, -0.2) is 17.9 Å². The van der Waals surface area contributed by atoms with E-state index in [1.807, 2.05) is 39.0 Å². The molecule has 1 aliphatic carbocycles. The van der Waals surface area contributed by atoms with E-state index in [0.717, 1.165) is 15.8 Å². The van der Waals surface area contributed by atoms with E-state index in [9.17, 15) is 4.79 Å². The number of ether oxygens (including phenoxy) is 1. The highest BCUT2D eigenvalue weighted by molar-refractivity contribution is 9.10. The average Bonchev–Trinajstić information content (AvgIpc) is 2.35. The van der Waals surface area contributed by atoms with E-state index in [1.165, 1.54) is 0 Å². The molecule has 0 aliphatic heterocycles. The van der Waals surface area contributed by atoms with Gasteiger partial charge in [-0.2, -0.15) is 0 Å². The summed E-state index contributed by atoms with van der Waals surface area (Å²) in [5, 5.41) is 3.08. The van der Waals surface area contributed by atoms with Gasteiger partial charge in [-0.1, -0.05) is 28.9 Å². The van der Waals surface area contributed by atoms with Crippen molar-refractivity contribution >= 4 is 33.4 Å². The smallest absolute Gasteiger partial charge is 0.226 e. The summed E-state index contributed by atoms with van der Waals surface area (Å²) in [5.74, 6) is 0.816. The number of hydrogen-bond acceptors (Lipinski definition) is 2. The minimum atomic E-state index is -0.368. The lowest BCUT2D eigenvalue weighted by Crippen LogP contribution is -2.53. The van der Waals surface area contributed by atoms with Gasteiger partial charge >= 0.3 is 0 Å². The summed E-state index contributed by atoms with van der Waals surface area (Å²) < 4.78 is 6.33. The predicted octanol–water partition coefficient (Wildman–Crippen LogP) is 4.43. The lowest BCUT2D eigenvalue weighted by atomic mass is 9.62. The van der Waals surface area contributed by atoms with E-state index in [-0.39, 0.29) is 22.2 Å². The van der Waals surface area contributed by atoms with Crippen molar-refractivity contribution in [1.29, 1.82) is 0 Å². The van der Waals surface area contributed by atoms with Crippen LogP contribution in [0.3, 0.4) is 0 Å². The van der Waals surface area contributed by atoms with Gasteiger partial charge in [0.25, 0.3) is 0 Å². The van der Waals surface area contributed by atoms with E-state index in [2.05, 4.69) is 21.2 Å². The zero-order chi connectivity index (χ0) is 15.8. The SMILES string of the molecule is COc1cc(Br)ccc1C(C)NC(=O)[C@]1(C)C[C@@](C)(Cl)C1. The Morgan fingerprint density at radius 3 is 2.57 bits per heavy atom. The van der Waals surface area contributed by atoms with Gasteiger partial charge in [-0.3, -0.25) is 4.79 Å². The second kappa shape index (κ2) is 5.81. The molecule has 0 bridgehead atoms. The summed E-state index contributed by atoms with van der Waals surface area (Å²) in [7, 11) is 1.63. The molecular weight excluding hydrogens is 354 g/mol. The highest BCUT2D eigenvalue weighted by Gasteiger charge is 2.52. The Morgan fingerprint density at radius 2 is 2.05 bits per heavy atom. The highest BCUT2D eigenvalue weighted by Crippen LogP contribution is 2.52. The van der Waals surface area contributed by atoms with Crippen molar-refractivity contribution < 1.29 is 9.53 Å². The molecule has 1 aromatic rings. The normalized spacial score (nSPS) is 29.4. The van der Waals surface area contributed by atoms with Crippen molar-refractivity contribution in [2.75, 3.05) is 7.11 Å². The first-order valence-electron chi connectivity index (χ1n) is 7.00. The molecule has 5 heteroatoms. The van der Waals surface area contributed by atoms with Gasteiger partial charge in [-0.25, -0.2) is 0 Å². The number of halogens is 2. The molecule has 1 N–H and O–H groups in total. The van der Waals surface area contributed by atoms with E-state index < -0.39 is 0 Å². The maximum absolute atomic E-state index is 12.5. The predicted molar refractivity (Wildman–Crippen MR) is 88.9 cm³/mol. The number of nitrogens with one attached hydrogen (secondary N) is 1. The van der Waals surface area contributed by atoms with Crippen LogP contribution in [0, 0.1) is 5.41 Å². The molecule has 1 atom stereocenters. The molecule has 21 heavy (non-hydrogen) atoms. The lowest BCUT2D eigenvalue weighted by molar-refractivity contribution is -0.137. The monoisotopic (exact) mass is 373 g/mol. The number of methoxy groups -OCH3 is 1. The first kappa shape index (κ1) is 16.6. The van der Waals surface area contributed by atoms with Gasteiger partial charge in [-0.05, 0) is 38.8 Å². The molecule has 3 nitrogen and oxygen atoms in total. The Morgan fingerprint density at radius 1 is 1.43 bits per heavy atom. The number of carbonyl (C=O) groups excluding carboxylic acids is 1. The molecule has 2 rings (SSSR count). The Balaban J connectivity index is 2.08. The van der Waals surface area contributed by atoms with Crippen LogP contribution in [0.1, 0.15) is 45.2 Å². The summed E-state index contributed by atoms with van der Waals surface area (Å²) in [6, 6.07) is 5.70. The highest BCUT2D eigenvalue weighted by atomic mass is 79.9. The molecule has 116 valence electrons. The Hall–Kier alpha value is -0.740. The molecule has 1 aromatic carbocycles. The summed E-state index contributed by atoms with van der Waals surface area (Å²) >= 11 is 9.67. The minimum Gasteiger partial charge on any atom is -0.496 e. The van der Waals surface area contributed by atoms with Crippen molar-refractivity contribution in [1.82, 2.24) is 5.32 Å². The first-order valence-corrected chi connectivity index (χ1v) is 8.17. The molecule has 1 fully saturated rings. The van der Waals surface area contributed by atoms with Gasteiger partial charge in [0.05, 0.1) is 13.2 Å². The van der Waals surface area contributed by atoms with Crippen LogP contribution in [0.4, 0.5) is 0 Å². The van der Waals surface area contributed by atoms with Crippen molar-refractivity contribution in [2.45, 2.75) is 44.5 Å². The zero-order valence-electron chi connectivity index (χ0n) is 12.8. The summed E-state index contributed by atoms with van der Waals surface area (Å²) in [6.07, 6.45) is 1.41. The van der Waals surface area contributed by atoms with Gasteiger partial charge in [0.2, 0.25) is 5.91 Å². The van der Waals surface area contributed by atoms with Gasteiger partial charge in [0.1, 0.15) is 5.75 Å². The second-order valence-corrected chi connectivity index (χ2v) is 8.24. The van der Waals surface area contributed by atoms with Gasteiger partial charge in [-0.15, -0.1) is 11.6 Å². The van der Waals surface area contributed by atoms with Crippen LogP contribution in [0.5, 0.6) is 5.75 Å². The Labute approximate surface area is 139 Å². The molecule has 0 spiro atoms. The van der Waals surface area contributed by atoms with Crippen LogP contribution in [0.2, 0.25) is 0 Å². The summed E-state index contributed by atoms with van der Waals surface area (Å²) in [5.41, 5.74) is 0.596. The first-order chi connectivity index (χ1) is 9.67. The summed E-state index contributed by atoms with van der Waals surface area (Å²) in [4.78, 5) is 12.2. The number of benzene rings is 1. The van der Waals surface area contributed by atoms with Crippen LogP contribution in [0.25, 0.3) is 0 Å². The topological polar surface area (TPSA) is 38.3 Å². The lowest BCUT2D eigenvalue weighted by Gasteiger charge is -2.48. The fourth-order valence-corrected chi connectivity index (χ4v) is 4.16. The molecule has 1 aliphatic rings. The minimum absolute atomic E-state index is 0.0538. The van der Waals surface area contributed by atoms with Gasteiger partial charge < -0.3 is 10.1 Å².